The van der Waals surface area contributed by atoms with Crippen LogP contribution in [0, 0.1) is 17.8 Å². The molecule has 1 aromatic rings. The van der Waals surface area contributed by atoms with E-state index < -0.39 is 41.1 Å². The number of likely N-dealkylation sites (tertiary alicyclic amines) is 1. The summed E-state index contributed by atoms with van der Waals surface area (Å²) in [7, 11) is 0. The van der Waals surface area contributed by atoms with Crippen LogP contribution in [-0.4, -0.2) is 70.8 Å². The number of halogens is 1. The molecular formula is C27H31ClN2O6. The van der Waals surface area contributed by atoms with Crippen molar-refractivity contribution in [3.8, 4) is 0 Å². The molecule has 192 valence electrons. The molecule has 0 aromatic heterocycles. The van der Waals surface area contributed by atoms with Gasteiger partial charge in [-0.3, -0.25) is 14.4 Å². The summed E-state index contributed by atoms with van der Waals surface area (Å²) in [4.78, 5) is 44.9. The summed E-state index contributed by atoms with van der Waals surface area (Å²) < 4.78 is 12.1. The van der Waals surface area contributed by atoms with E-state index in [4.69, 9.17) is 21.1 Å². The van der Waals surface area contributed by atoms with Gasteiger partial charge in [0.15, 0.2) is 0 Å². The summed E-state index contributed by atoms with van der Waals surface area (Å²) in [5.74, 6) is -3.22. The number of benzene rings is 1. The topological polar surface area (TPSA) is 96.4 Å². The molecule has 5 rings (SSSR count). The van der Waals surface area contributed by atoms with Crippen LogP contribution in [-0.2, 0) is 23.9 Å². The number of nitrogens with zero attached hydrogens (tertiary/aromatic N) is 2. The fourth-order valence-electron chi connectivity index (χ4n) is 6.32. The number of hydrogen-bond donors (Lipinski definition) is 1. The number of carbonyl (C=O) groups excluding carboxylic acids is 3. The van der Waals surface area contributed by atoms with Crippen LogP contribution in [0.3, 0.4) is 0 Å². The van der Waals surface area contributed by atoms with E-state index in [1.807, 2.05) is 19.9 Å². The standard InChI is InChI=1S/C27H31ClN2O6/c1-4-16(2)19(15-31)30-22-24(33)29(18-9-7-17(28)8-10-18)13-5-12-27(22)20(23(30)32)21-25(34)35-14-6-11-26(21,3)36-27/h5-12,16,19-22,31H,4,13-15H2,1-3H3/t16-,19-,20-,21-,22?,26+,27-/m0/s1. The number of cyclic esters (lactones) is 1. The predicted molar refractivity (Wildman–Crippen MR) is 133 cm³/mol. The van der Waals surface area contributed by atoms with Gasteiger partial charge in [-0.1, -0.05) is 50.1 Å². The third kappa shape index (κ3) is 3.53. The molecule has 1 unspecified atom stereocenters. The molecular weight excluding hydrogens is 484 g/mol. The Morgan fingerprint density at radius 1 is 1.11 bits per heavy atom. The van der Waals surface area contributed by atoms with Crippen molar-refractivity contribution in [2.24, 2.45) is 17.8 Å². The molecule has 1 aromatic carbocycles. The normalized spacial score (nSPS) is 35.0. The maximum atomic E-state index is 14.4. The van der Waals surface area contributed by atoms with Crippen molar-refractivity contribution in [3.63, 3.8) is 0 Å². The third-order valence-electron chi connectivity index (χ3n) is 8.23. The summed E-state index contributed by atoms with van der Waals surface area (Å²) in [6.45, 7) is 5.72. The number of amides is 2. The molecule has 0 aliphatic carbocycles. The van der Waals surface area contributed by atoms with Crippen molar-refractivity contribution in [1.29, 1.82) is 0 Å². The minimum atomic E-state index is -1.39. The molecule has 0 saturated carbocycles. The van der Waals surface area contributed by atoms with E-state index in [1.165, 1.54) is 4.90 Å². The summed E-state index contributed by atoms with van der Waals surface area (Å²) in [6.07, 6.45) is 7.77. The van der Waals surface area contributed by atoms with Crippen LogP contribution in [0.5, 0.6) is 0 Å². The van der Waals surface area contributed by atoms with Gasteiger partial charge < -0.3 is 24.4 Å². The highest BCUT2D eigenvalue weighted by Gasteiger charge is 2.75. The van der Waals surface area contributed by atoms with Crippen LogP contribution >= 0.6 is 11.6 Å². The van der Waals surface area contributed by atoms with E-state index in [0.29, 0.717) is 17.1 Å². The Morgan fingerprint density at radius 3 is 2.50 bits per heavy atom. The highest BCUT2D eigenvalue weighted by atomic mass is 35.5. The lowest BCUT2D eigenvalue weighted by Gasteiger charge is -2.41. The monoisotopic (exact) mass is 514 g/mol. The van der Waals surface area contributed by atoms with Gasteiger partial charge in [0.05, 0.1) is 24.2 Å². The van der Waals surface area contributed by atoms with Crippen molar-refractivity contribution in [1.82, 2.24) is 4.90 Å². The van der Waals surface area contributed by atoms with E-state index >= 15 is 0 Å². The van der Waals surface area contributed by atoms with E-state index in [-0.39, 0.29) is 37.5 Å². The van der Waals surface area contributed by atoms with Crippen LogP contribution in [0.4, 0.5) is 5.69 Å². The zero-order chi connectivity index (χ0) is 25.8. The van der Waals surface area contributed by atoms with E-state index in [9.17, 15) is 19.5 Å². The van der Waals surface area contributed by atoms with Crippen LogP contribution in [0.1, 0.15) is 27.2 Å². The number of aliphatic hydroxyl groups excluding tert-OH is 1. The Morgan fingerprint density at radius 2 is 1.83 bits per heavy atom. The second kappa shape index (κ2) is 9.01. The van der Waals surface area contributed by atoms with Crippen LogP contribution in [0.15, 0.2) is 48.6 Å². The SMILES string of the molecule is CC[C@H](C)[C@H](CO)N1C(=O)[C@@H]2[C@H]3C(=O)OCC=C[C@@]3(C)O[C@@]23C=CCN(c2ccc(Cl)cc2)C(=O)C13. The zero-order valence-corrected chi connectivity index (χ0v) is 21.4. The zero-order valence-electron chi connectivity index (χ0n) is 20.6. The number of fused-ring (bicyclic) bond motifs is 2. The molecule has 0 radical (unpaired) electrons. The third-order valence-corrected chi connectivity index (χ3v) is 8.49. The highest BCUT2D eigenvalue weighted by Crippen LogP contribution is 2.58. The Hall–Kier alpha value is -2.68. The van der Waals surface area contributed by atoms with Gasteiger partial charge in [0.2, 0.25) is 5.91 Å². The molecule has 1 spiro atoms. The van der Waals surface area contributed by atoms with E-state index in [2.05, 4.69) is 0 Å². The molecule has 8 nitrogen and oxygen atoms in total. The first-order valence-corrected chi connectivity index (χ1v) is 12.8. The first kappa shape index (κ1) is 25.0. The van der Waals surface area contributed by atoms with Crippen LogP contribution < -0.4 is 4.90 Å². The van der Waals surface area contributed by atoms with Gasteiger partial charge in [-0.05, 0) is 43.2 Å². The quantitative estimate of drug-likeness (QED) is 0.479. The number of anilines is 1. The van der Waals surface area contributed by atoms with E-state index in [0.717, 1.165) is 0 Å². The van der Waals surface area contributed by atoms with Gasteiger partial charge in [-0.2, -0.15) is 0 Å². The highest BCUT2D eigenvalue weighted by molar-refractivity contribution is 6.30. The van der Waals surface area contributed by atoms with Gasteiger partial charge >= 0.3 is 5.97 Å². The lowest BCUT2D eigenvalue weighted by Crippen LogP contribution is -2.60. The number of hydrogen-bond acceptors (Lipinski definition) is 6. The Kier molecular flexibility index (Phi) is 6.25. The number of aliphatic hydroxyl groups is 1. The fourth-order valence-corrected chi connectivity index (χ4v) is 6.45. The Bertz CT molecular complexity index is 1140. The lowest BCUT2D eigenvalue weighted by molar-refractivity contribution is -0.158. The first-order chi connectivity index (χ1) is 17.2. The Labute approximate surface area is 215 Å². The average Bonchev–Trinajstić information content (AvgIpc) is 3.11. The van der Waals surface area contributed by atoms with Crippen molar-refractivity contribution < 1.29 is 29.0 Å². The number of carbonyl (C=O) groups is 3. The minimum Gasteiger partial charge on any atom is -0.461 e. The number of rotatable bonds is 5. The van der Waals surface area contributed by atoms with Gasteiger partial charge in [-0.25, -0.2) is 0 Å². The molecule has 36 heavy (non-hydrogen) atoms. The fraction of sp³-hybridized carbons (Fsp3) is 0.519. The molecule has 2 saturated heterocycles. The summed E-state index contributed by atoms with van der Waals surface area (Å²) in [5.41, 5.74) is -1.89. The second-order valence-corrected chi connectivity index (χ2v) is 10.7. The summed E-state index contributed by atoms with van der Waals surface area (Å²) in [6, 6.07) is 5.23. The number of ether oxygens (including phenoxy) is 2. The van der Waals surface area contributed by atoms with Crippen molar-refractivity contribution in [2.75, 3.05) is 24.7 Å². The molecule has 9 heteroatoms. The smallest absolute Gasteiger partial charge is 0.313 e. The first-order valence-electron chi connectivity index (χ1n) is 12.4. The van der Waals surface area contributed by atoms with Crippen LogP contribution in [0.2, 0.25) is 5.02 Å². The van der Waals surface area contributed by atoms with E-state index in [1.54, 1.807) is 54.3 Å². The molecule has 4 aliphatic heterocycles. The molecule has 4 aliphatic rings. The molecule has 2 fully saturated rings. The molecule has 4 heterocycles. The predicted octanol–water partition coefficient (Wildman–Crippen LogP) is 2.73. The molecule has 1 N–H and O–H groups in total. The maximum absolute atomic E-state index is 14.4. The van der Waals surface area contributed by atoms with Gasteiger partial charge in [0, 0.05) is 17.3 Å². The number of esters is 1. The van der Waals surface area contributed by atoms with Crippen molar-refractivity contribution >= 4 is 35.1 Å². The molecule has 2 amide bonds. The van der Waals surface area contributed by atoms with Crippen molar-refractivity contribution in [3.05, 3.63) is 53.6 Å². The van der Waals surface area contributed by atoms with Crippen molar-refractivity contribution in [2.45, 2.75) is 50.5 Å². The average molecular weight is 515 g/mol. The Balaban J connectivity index is 1.69. The summed E-state index contributed by atoms with van der Waals surface area (Å²) >= 11 is 6.08. The van der Waals surface area contributed by atoms with Crippen LogP contribution in [0.25, 0.3) is 0 Å². The van der Waals surface area contributed by atoms with Gasteiger partial charge in [0.25, 0.3) is 5.91 Å². The molecule has 7 atom stereocenters. The van der Waals surface area contributed by atoms with Gasteiger partial charge in [-0.15, -0.1) is 0 Å². The minimum absolute atomic E-state index is 0.0915. The maximum Gasteiger partial charge on any atom is 0.313 e. The largest absolute Gasteiger partial charge is 0.461 e. The molecule has 0 bridgehead atoms. The second-order valence-electron chi connectivity index (χ2n) is 10.2. The summed E-state index contributed by atoms with van der Waals surface area (Å²) in [5, 5.41) is 11.0. The van der Waals surface area contributed by atoms with Gasteiger partial charge in [0.1, 0.15) is 24.2 Å². The lowest BCUT2D eigenvalue weighted by atomic mass is 9.75.